The van der Waals surface area contributed by atoms with E-state index in [0.717, 1.165) is 31.2 Å². The number of pyridine rings is 1. The van der Waals surface area contributed by atoms with Gasteiger partial charge in [0.25, 0.3) is 0 Å². The Morgan fingerprint density at radius 2 is 2.26 bits per heavy atom. The van der Waals surface area contributed by atoms with Crippen LogP contribution in [-0.2, 0) is 11.2 Å². The first kappa shape index (κ1) is 17.2. The average Bonchev–Trinajstić information content (AvgIpc) is 2.57. The molecule has 1 unspecified atom stereocenters. The predicted octanol–water partition coefficient (Wildman–Crippen LogP) is 1.67. The van der Waals surface area contributed by atoms with Gasteiger partial charge in [-0.2, -0.15) is 0 Å². The van der Waals surface area contributed by atoms with E-state index < -0.39 is 0 Å². The number of urea groups is 1. The number of carbonyl (C=O) groups is 2. The summed E-state index contributed by atoms with van der Waals surface area (Å²) in [4.78, 5) is 32.3. The van der Waals surface area contributed by atoms with Crippen LogP contribution in [0.25, 0.3) is 0 Å². The second-order valence-corrected chi connectivity index (χ2v) is 5.95. The van der Waals surface area contributed by atoms with Crippen LogP contribution in [-0.4, -0.2) is 59.4 Å². The van der Waals surface area contributed by atoms with Crippen molar-refractivity contribution >= 4 is 11.9 Å². The van der Waals surface area contributed by atoms with E-state index in [9.17, 15) is 9.59 Å². The first-order chi connectivity index (χ1) is 11.1. The Labute approximate surface area is 137 Å². The van der Waals surface area contributed by atoms with Crippen molar-refractivity contribution in [3.8, 4) is 0 Å². The largest absolute Gasteiger partial charge is 0.342 e. The molecule has 2 heterocycles. The van der Waals surface area contributed by atoms with E-state index in [1.165, 1.54) is 0 Å². The Balaban J connectivity index is 1.89. The quantitative estimate of drug-likeness (QED) is 0.867. The van der Waals surface area contributed by atoms with E-state index in [0.29, 0.717) is 19.6 Å². The number of nitrogens with one attached hydrogen (secondary N) is 1. The Morgan fingerprint density at radius 3 is 2.96 bits per heavy atom. The molecule has 6 heteroatoms. The maximum atomic E-state index is 12.4. The van der Waals surface area contributed by atoms with Gasteiger partial charge < -0.3 is 15.1 Å². The zero-order valence-corrected chi connectivity index (χ0v) is 14.0. The van der Waals surface area contributed by atoms with Crippen LogP contribution >= 0.6 is 0 Å². The van der Waals surface area contributed by atoms with Gasteiger partial charge in [-0.05, 0) is 24.5 Å². The van der Waals surface area contributed by atoms with Gasteiger partial charge in [0.2, 0.25) is 5.91 Å². The maximum Gasteiger partial charge on any atom is 0.318 e. The zero-order valence-electron chi connectivity index (χ0n) is 14.0. The summed E-state index contributed by atoms with van der Waals surface area (Å²) in [6, 6.07) is 3.41. The van der Waals surface area contributed by atoms with Crippen molar-refractivity contribution < 1.29 is 9.59 Å². The van der Waals surface area contributed by atoms with E-state index in [-0.39, 0.29) is 18.0 Å². The summed E-state index contributed by atoms with van der Waals surface area (Å²) in [5.74, 6) is 0.0482. The Hall–Kier alpha value is -2.11. The van der Waals surface area contributed by atoms with E-state index in [2.05, 4.69) is 17.2 Å². The van der Waals surface area contributed by atoms with Gasteiger partial charge in [-0.15, -0.1) is 0 Å². The molecule has 1 aliphatic rings. The fourth-order valence-electron chi connectivity index (χ4n) is 2.79. The first-order valence-electron chi connectivity index (χ1n) is 8.31. The molecule has 1 aromatic rings. The summed E-state index contributed by atoms with van der Waals surface area (Å²) in [6.45, 7) is 3.83. The number of aromatic nitrogens is 1. The van der Waals surface area contributed by atoms with Crippen LogP contribution in [0.4, 0.5) is 4.79 Å². The smallest absolute Gasteiger partial charge is 0.318 e. The molecule has 1 saturated heterocycles. The lowest BCUT2D eigenvalue weighted by atomic mass is 10.0. The summed E-state index contributed by atoms with van der Waals surface area (Å²) in [5, 5.41) is 2.93. The molecular formula is C17H26N4O2. The molecule has 2 rings (SSSR count). The summed E-state index contributed by atoms with van der Waals surface area (Å²) >= 11 is 0. The van der Waals surface area contributed by atoms with Crippen molar-refractivity contribution in [2.24, 2.45) is 0 Å². The molecule has 3 amide bonds. The van der Waals surface area contributed by atoms with Gasteiger partial charge in [0.05, 0.1) is 0 Å². The molecule has 0 aliphatic carbocycles. The van der Waals surface area contributed by atoms with E-state index in [1.807, 2.05) is 12.1 Å². The SMILES string of the molecule is CCCCC1C(=O)N(C)CCN1C(=O)NCCc1cccnc1. The van der Waals surface area contributed by atoms with Crippen LogP contribution in [0.2, 0.25) is 0 Å². The van der Waals surface area contributed by atoms with Crippen LogP contribution in [0.3, 0.4) is 0 Å². The third kappa shape index (κ3) is 4.68. The number of piperazine rings is 1. The Morgan fingerprint density at radius 1 is 1.43 bits per heavy atom. The molecule has 0 bridgehead atoms. The summed E-state index contributed by atoms with van der Waals surface area (Å²) in [5.41, 5.74) is 1.09. The van der Waals surface area contributed by atoms with Crippen molar-refractivity contribution in [2.45, 2.75) is 38.6 Å². The second-order valence-electron chi connectivity index (χ2n) is 5.95. The number of amides is 3. The lowest BCUT2D eigenvalue weighted by Crippen LogP contribution is -2.59. The van der Waals surface area contributed by atoms with Gasteiger partial charge >= 0.3 is 6.03 Å². The molecule has 0 aromatic carbocycles. The molecular weight excluding hydrogens is 292 g/mol. The number of hydrogen-bond acceptors (Lipinski definition) is 3. The molecule has 1 aromatic heterocycles. The minimum atomic E-state index is -0.327. The molecule has 23 heavy (non-hydrogen) atoms. The summed E-state index contributed by atoms with van der Waals surface area (Å²) in [6.07, 6.45) is 6.97. The zero-order chi connectivity index (χ0) is 16.7. The molecule has 1 N–H and O–H groups in total. The van der Waals surface area contributed by atoms with Crippen LogP contribution in [0.5, 0.6) is 0 Å². The number of unbranched alkanes of at least 4 members (excludes halogenated alkanes) is 1. The van der Waals surface area contributed by atoms with Crippen molar-refractivity contribution in [3.05, 3.63) is 30.1 Å². The van der Waals surface area contributed by atoms with Crippen LogP contribution in [0, 0.1) is 0 Å². The third-order valence-corrected chi connectivity index (χ3v) is 4.22. The fraction of sp³-hybridized carbons (Fsp3) is 0.588. The number of likely N-dealkylation sites (N-methyl/N-ethyl adjacent to an activating group) is 1. The predicted molar refractivity (Wildman–Crippen MR) is 89.0 cm³/mol. The number of nitrogens with zero attached hydrogens (tertiary/aromatic N) is 3. The van der Waals surface area contributed by atoms with Crippen LogP contribution in [0.15, 0.2) is 24.5 Å². The van der Waals surface area contributed by atoms with Gasteiger partial charge in [-0.25, -0.2) is 4.79 Å². The Bertz CT molecular complexity index is 521. The molecule has 1 aliphatic heterocycles. The molecule has 1 atom stereocenters. The highest BCUT2D eigenvalue weighted by atomic mass is 16.2. The normalized spacial score (nSPS) is 18.2. The van der Waals surface area contributed by atoms with E-state index in [4.69, 9.17) is 0 Å². The minimum Gasteiger partial charge on any atom is -0.342 e. The molecule has 0 radical (unpaired) electrons. The second kappa shape index (κ2) is 8.50. The van der Waals surface area contributed by atoms with Gasteiger partial charge in [-0.1, -0.05) is 25.8 Å². The average molecular weight is 318 g/mol. The molecule has 0 spiro atoms. The highest BCUT2D eigenvalue weighted by Crippen LogP contribution is 2.16. The topological polar surface area (TPSA) is 65.5 Å². The lowest BCUT2D eigenvalue weighted by molar-refractivity contribution is -0.138. The van der Waals surface area contributed by atoms with Gasteiger partial charge in [0.1, 0.15) is 6.04 Å². The highest BCUT2D eigenvalue weighted by molar-refractivity contribution is 5.88. The number of hydrogen-bond donors (Lipinski definition) is 1. The standard InChI is InChI=1S/C17H26N4O2/c1-3-4-7-15-16(22)20(2)11-12-21(15)17(23)19-10-8-14-6-5-9-18-13-14/h5-6,9,13,15H,3-4,7-8,10-12H2,1-2H3,(H,19,23). The number of rotatable bonds is 6. The molecule has 126 valence electrons. The highest BCUT2D eigenvalue weighted by Gasteiger charge is 2.35. The van der Waals surface area contributed by atoms with Gasteiger partial charge in [0, 0.05) is 39.1 Å². The number of carbonyl (C=O) groups excluding carboxylic acids is 2. The van der Waals surface area contributed by atoms with Crippen LogP contribution < -0.4 is 5.32 Å². The maximum absolute atomic E-state index is 12.4. The molecule has 1 fully saturated rings. The molecule has 6 nitrogen and oxygen atoms in total. The van der Waals surface area contributed by atoms with Crippen molar-refractivity contribution in [1.29, 1.82) is 0 Å². The van der Waals surface area contributed by atoms with Crippen molar-refractivity contribution in [3.63, 3.8) is 0 Å². The fourth-order valence-corrected chi connectivity index (χ4v) is 2.79. The Kier molecular flexibility index (Phi) is 6.38. The first-order valence-corrected chi connectivity index (χ1v) is 8.31. The van der Waals surface area contributed by atoms with Crippen LogP contribution in [0.1, 0.15) is 31.7 Å². The van der Waals surface area contributed by atoms with Gasteiger partial charge in [0.15, 0.2) is 0 Å². The monoisotopic (exact) mass is 318 g/mol. The van der Waals surface area contributed by atoms with E-state index >= 15 is 0 Å². The minimum absolute atomic E-state index is 0.0482. The summed E-state index contributed by atoms with van der Waals surface area (Å²) in [7, 11) is 1.80. The van der Waals surface area contributed by atoms with Gasteiger partial charge in [-0.3, -0.25) is 9.78 Å². The third-order valence-electron chi connectivity index (χ3n) is 4.22. The van der Waals surface area contributed by atoms with Crippen molar-refractivity contribution in [1.82, 2.24) is 20.1 Å². The van der Waals surface area contributed by atoms with Crippen molar-refractivity contribution in [2.75, 3.05) is 26.7 Å². The lowest BCUT2D eigenvalue weighted by Gasteiger charge is -2.39. The molecule has 0 saturated carbocycles. The summed E-state index contributed by atoms with van der Waals surface area (Å²) < 4.78 is 0. The van der Waals surface area contributed by atoms with E-state index in [1.54, 1.807) is 29.2 Å².